The fraction of sp³-hybridized carbons (Fsp3) is 1.00. The monoisotopic (exact) mass is 304 g/mol. The van der Waals surface area contributed by atoms with E-state index in [0.29, 0.717) is 5.75 Å². The molecule has 0 radical (unpaired) electrons. The highest BCUT2D eigenvalue weighted by atomic mass is 32.2. The maximum Gasteiger partial charge on any atom is 0.214 e. The van der Waals surface area contributed by atoms with Crippen molar-refractivity contribution < 1.29 is 8.42 Å². The van der Waals surface area contributed by atoms with Crippen LogP contribution in [0.4, 0.5) is 0 Å². The van der Waals surface area contributed by atoms with E-state index >= 15 is 0 Å². The van der Waals surface area contributed by atoms with Crippen molar-refractivity contribution in [3.05, 3.63) is 0 Å². The molecular weight excluding hydrogens is 272 g/mol. The average molecular weight is 305 g/mol. The quantitative estimate of drug-likeness (QED) is 0.666. The van der Waals surface area contributed by atoms with Crippen LogP contribution in [0, 0.1) is 0 Å². The molecule has 0 amide bonds. The molecule has 0 aromatic heterocycles. The van der Waals surface area contributed by atoms with E-state index in [1.165, 1.54) is 12.8 Å². The van der Waals surface area contributed by atoms with E-state index in [1.54, 1.807) is 4.31 Å². The molecule has 20 heavy (non-hydrogen) atoms. The summed E-state index contributed by atoms with van der Waals surface area (Å²) < 4.78 is 26.8. The van der Waals surface area contributed by atoms with Gasteiger partial charge >= 0.3 is 0 Å². The number of rotatable bonds is 9. The lowest BCUT2D eigenvalue weighted by atomic mass is 10.1. The van der Waals surface area contributed by atoms with Gasteiger partial charge in [-0.05, 0) is 51.6 Å². The van der Waals surface area contributed by atoms with Crippen molar-refractivity contribution in [2.45, 2.75) is 71.3 Å². The minimum atomic E-state index is -3.06. The predicted molar refractivity (Wildman–Crippen MR) is 85.4 cm³/mol. The second kappa shape index (κ2) is 9.74. The zero-order chi connectivity index (χ0) is 14.8. The highest BCUT2D eigenvalue weighted by Gasteiger charge is 2.29. The second-order valence-electron chi connectivity index (χ2n) is 5.80. The molecule has 1 N–H and O–H groups in total. The van der Waals surface area contributed by atoms with Crippen molar-refractivity contribution in [1.29, 1.82) is 0 Å². The summed E-state index contributed by atoms with van der Waals surface area (Å²) >= 11 is 0. The zero-order valence-corrected chi connectivity index (χ0v) is 14.1. The van der Waals surface area contributed by atoms with Crippen molar-refractivity contribution in [3.63, 3.8) is 0 Å². The van der Waals surface area contributed by atoms with Crippen molar-refractivity contribution in [2.75, 3.05) is 25.4 Å². The fourth-order valence-electron chi connectivity index (χ4n) is 2.88. The first-order valence-electron chi connectivity index (χ1n) is 8.32. The Morgan fingerprint density at radius 2 is 1.90 bits per heavy atom. The molecule has 1 saturated heterocycles. The van der Waals surface area contributed by atoms with E-state index in [0.717, 1.165) is 58.2 Å². The predicted octanol–water partition coefficient (Wildman–Crippen LogP) is 2.75. The molecule has 1 unspecified atom stereocenters. The number of sulfonamides is 1. The molecule has 0 aliphatic carbocycles. The maximum atomic E-state index is 12.5. The third-order valence-electron chi connectivity index (χ3n) is 4.08. The number of unbranched alkanes of at least 4 members (excludes halogenated alkanes) is 1. The molecule has 0 saturated carbocycles. The van der Waals surface area contributed by atoms with Crippen molar-refractivity contribution >= 4 is 10.0 Å². The summed E-state index contributed by atoms with van der Waals surface area (Å²) in [4.78, 5) is 0. The first kappa shape index (κ1) is 17.9. The molecule has 0 bridgehead atoms. The molecule has 0 aromatic rings. The SMILES string of the molecule is CCCNCCCCS(=O)(=O)N1CCCCCC1CC. The number of nitrogens with one attached hydrogen (secondary N) is 1. The molecule has 1 rings (SSSR count). The van der Waals surface area contributed by atoms with E-state index in [4.69, 9.17) is 0 Å². The Bertz CT molecular complexity index is 344. The average Bonchev–Trinajstić information content (AvgIpc) is 2.68. The van der Waals surface area contributed by atoms with Gasteiger partial charge in [0.2, 0.25) is 10.0 Å². The highest BCUT2D eigenvalue weighted by Crippen LogP contribution is 2.22. The lowest BCUT2D eigenvalue weighted by Gasteiger charge is -2.28. The first-order valence-corrected chi connectivity index (χ1v) is 9.93. The molecule has 0 spiro atoms. The van der Waals surface area contributed by atoms with Crippen LogP contribution in [0.2, 0.25) is 0 Å². The molecule has 5 heteroatoms. The van der Waals surface area contributed by atoms with Crippen molar-refractivity contribution in [1.82, 2.24) is 9.62 Å². The highest BCUT2D eigenvalue weighted by molar-refractivity contribution is 7.89. The standard InChI is InChI=1S/C15H32N2O2S/c1-3-11-16-12-7-9-14-20(18,19)17-13-8-5-6-10-15(17)4-2/h15-16H,3-14H2,1-2H3. The first-order chi connectivity index (χ1) is 9.61. The molecule has 1 atom stereocenters. The molecule has 4 nitrogen and oxygen atoms in total. The van der Waals surface area contributed by atoms with Crippen molar-refractivity contribution in [2.24, 2.45) is 0 Å². The zero-order valence-electron chi connectivity index (χ0n) is 13.2. The topological polar surface area (TPSA) is 49.4 Å². The summed E-state index contributed by atoms with van der Waals surface area (Å²) in [5.41, 5.74) is 0. The molecule has 1 heterocycles. The summed E-state index contributed by atoms with van der Waals surface area (Å²) in [6, 6.07) is 0.237. The lowest BCUT2D eigenvalue weighted by Crippen LogP contribution is -2.41. The van der Waals surface area contributed by atoms with Gasteiger partial charge in [0.05, 0.1) is 5.75 Å². The van der Waals surface area contributed by atoms with Crippen LogP contribution in [0.3, 0.4) is 0 Å². The minimum absolute atomic E-state index is 0.237. The van der Waals surface area contributed by atoms with Crippen LogP contribution in [0.25, 0.3) is 0 Å². The molecule has 120 valence electrons. The van der Waals surface area contributed by atoms with Gasteiger partial charge in [-0.15, -0.1) is 0 Å². The van der Waals surface area contributed by atoms with Crippen LogP contribution in [0.1, 0.15) is 65.2 Å². The van der Waals surface area contributed by atoms with Gasteiger partial charge in [-0.3, -0.25) is 0 Å². The molecule has 0 aromatic carbocycles. The summed E-state index contributed by atoms with van der Waals surface area (Å²) in [6.45, 7) is 6.93. The van der Waals surface area contributed by atoms with E-state index in [2.05, 4.69) is 19.2 Å². The lowest BCUT2D eigenvalue weighted by molar-refractivity contribution is 0.314. The Hall–Kier alpha value is -0.130. The normalized spacial score (nSPS) is 21.8. The van der Waals surface area contributed by atoms with Crippen molar-refractivity contribution in [3.8, 4) is 0 Å². The largest absolute Gasteiger partial charge is 0.317 e. The van der Waals surface area contributed by atoms with Gasteiger partial charge in [0, 0.05) is 12.6 Å². The van der Waals surface area contributed by atoms with Gasteiger partial charge in [-0.25, -0.2) is 8.42 Å². The number of hydrogen-bond acceptors (Lipinski definition) is 3. The van der Waals surface area contributed by atoms with Crippen LogP contribution >= 0.6 is 0 Å². The van der Waals surface area contributed by atoms with Crippen LogP contribution in [0.15, 0.2) is 0 Å². The van der Waals surface area contributed by atoms with Crippen LogP contribution in [0.5, 0.6) is 0 Å². The Morgan fingerprint density at radius 3 is 2.60 bits per heavy atom. The van der Waals surface area contributed by atoms with Gasteiger partial charge in [0.15, 0.2) is 0 Å². The number of nitrogens with zero attached hydrogens (tertiary/aromatic N) is 1. The summed E-state index contributed by atoms with van der Waals surface area (Å²) in [7, 11) is -3.06. The van der Waals surface area contributed by atoms with Crippen LogP contribution in [-0.4, -0.2) is 44.2 Å². The van der Waals surface area contributed by atoms with Gasteiger partial charge in [-0.2, -0.15) is 4.31 Å². The van der Waals surface area contributed by atoms with E-state index < -0.39 is 10.0 Å². The molecule has 1 fully saturated rings. The Labute approximate surface area is 125 Å². The maximum absolute atomic E-state index is 12.5. The molecule has 1 aliphatic heterocycles. The van der Waals surface area contributed by atoms with Gasteiger partial charge in [0.25, 0.3) is 0 Å². The number of hydrogen-bond donors (Lipinski definition) is 1. The van der Waals surface area contributed by atoms with Gasteiger partial charge < -0.3 is 5.32 Å². The van der Waals surface area contributed by atoms with Crippen LogP contribution in [-0.2, 0) is 10.0 Å². The summed E-state index contributed by atoms with van der Waals surface area (Å²) in [5.74, 6) is 0.317. The van der Waals surface area contributed by atoms with E-state index in [1.807, 2.05) is 0 Å². The smallest absolute Gasteiger partial charge is 0.214 e. The van der Waals surface area contributed by atoms with Gasteiger partial charge in [-0.1, -0.05) is 26.7 Å². The minimum Gasteiger partial charge on any atom is -0.317 e. The Balaban J connectivity index is 2.40. The van der Waals surface area contributed by atoms with E-state index in [-0.39, 0.29) is 6.04 Å². The fourth-order valence-corrected chi connectivity index (χ4v) is 4.80. The molecule has 1 aliphatic rings. The van der Waals surface area contributed by atoms with Gasteiger partial charge in [0.1, 0.15) is 0 Å². The third-order valence-corrected chi connectivity index (χ3v) is 6.08. The molecular formula is C15H32N2O2S. The second-order valence-corrected chi connectivity index (χ2v) is 7.84. The summed E-state index contributed by atoms with van der Waals surface area (Å²) in [6.07, 6.45) is 8.19. The Morgan fingerprint density at radius 1 is 1.10 bits per heavy atom. The van der Waals surface area contributed by atoms with Crippen LogP contribution < -0.4 is 5.32 Å². The Kier molecular flexibility index (Phi) is 8.73. The third kappa shape index (κ3) is 6.10. The summed E-state index contributed by atoms with van der Waals surface area (Å²) in [5, 5.41) is 3.32. The van der Waals surface area contributed by atoms with E-state index in [9.17, 15) is 8.42 Å².